The summed E-state index contributed by atoms with van der Waals surface area (Å²) in [5, 5.41) is 8.95. The molecule has 0 saturated carbocycles. The van der Waals surface area contributed by atoms with E-state index in [1.807, 2.05) is 59.7 Å². The summed E-state index contributed by atoms with van der Waals surface area (Å²) in [5.41, 5.74) is 1.51. The number of halogens is 1. The molecular weight excluding hydrogens is 441 g/mol. The quantitative estimate of drug-likeness (QED) is 0.466. The molecule has 4 rings (SSSR count). The fourth-order valence-corrected chi connectivity index (χ4v) is 4.98. The van der Waals surface area contributed by atoms with Crippen LogP contribution in [0.25, 0.3) is 5.69 Å². The lowest BCUT2D eigenvalue weighted by Crippen LogP contribution is -2.38. The average Bonchev–Trinajstić information content (AvgIpc) is 3.28. The molecule has 0 bridgehead atoms. The van der Waals surface area contributed by atoms with Gasteiger partial charge in [-0.15, -0.1) is 10.2 Å². The Kier molecular flexibility index (Phi) is 7.61. The smallest absolute Gasteiger partial charge is 0.240 e. The normalized spacial score (nSPS) is 14.8. The van der Waals surface area contributed by atoms with Crippen LogP contribution in [-0.4, -0.2) is 65.0 Å². The zero-order valence-corrected chi connectivity index (χ0v) is 19.7. The number of rotatable bonds is 8. The monoisotopic (exact) mass is 469 g/mol. The maximum atomic E-state index is 14.2. The molecule has 9 heteroatoms. The Morgan fingerprint density at radius 3 is 2.48 bits per heavy atom. The average molecular weight is 470 g/mol. The third kappa shape index (κ3) is 5.20. The Hall–Kier alpha value is -2.91. The Labute approximate surface area is 197 Å². The van der Waals surface area contributed by atoms with E-state index >= 15 is 0 Å². The van der Waals surface area contributed by atoms with Gasteiger partial charge < -0.3 is 14.5 Å². The molecule has 0 N–H and O–H groups in total. The topological polar surface area (TPSA) is 63.5 Å². The highest BCUT2D eigenvalue weighted by atomic mass is 32.2. The number of nitrogens with zero attached hydrogens (tertiary/aromatic N) is 5. The first-order valence-electron chi connectivity index (χ1n) is 11.2. The zero-order valence-electron chi connectivity index (χ0n) is 18.9. The standard InChI is InChI=1S/C24H28FN5O2S/c1-3-28(4-2)22(31)21(18-9-6-5-7-10-18)33-24-27-26-23(29-13-15-32-16-14-29)30(24)20-12-8-11-19(25)17-20/h5-12,17,21H,3-4,13-16H2,1-2H3. The highest BCUT2D eigenvalue weighted by molar-refractivity contribution is 8.00. The molecular formula is C24H28FN5O2S. The zero-order chi connectivity index (χ0) is 23.2. The number of amides is 1. The number of carbonyl (C=O) groups is 1. The van der Waals surface area contributed by atoms with Crippen molar-refractivity contribution >= 4 is 23.6 Å². The van der Waals surface area contributed by atoms with Gasteiger partial charge in [0.15, 0.2) is 5.16 Å². The van der Waals surface area contributed by atoms with Gasteiger partial charge >= 0.3 is 0 Å². The van der Waals surface area contributed by atoms with E-state index in [9.17, 15) is 9.18 Å². The second-order valence-electron chi connectivity index (χ2n) is 7.62. The maximum Gasteiger partial charge on any atom is 0.240 e. The van der Waals surface area contributed by atoms with Crippen molar-refractivity contribution in [2.45, 2.75) is 24.3 Å². The summed E-state index contributed by atoms with van der Waals surface area (Å²) in [6.45, 7) is 7.69. The third-order valence-corrected chi connectivity index (χ3v) is 6.79. The van der Waals surface area contributed by atoms with E-state index in [0.717, 1.165) is 5.56 Å². The summed E-state index contributed by atoms with van der Waals surface area (Å²) < 4.78 is 21.5. The first-order chi connectivity index (χ1) is 16.1. The van der Waals surface area contributed by atoms with Crippen LogP contribution in [-0.2, 0) is 9.53 Å². The van der Waals surface area contributed by atoms with Crippen molar-refractivity contribution in [3.05, 3.63) is 66.0 Å². The van der Waals surface area contributed by atoms with E-state index in [1.165, 1.54) is 23.9 Å². The number of hydrogen-bond donors (Lipinski definition) is 0. The van der Waals surface area contributed by atoms with Gasteiger partial charge in [-0.3, -0.25) is 9.36 Å². The lowest BCUT2D eigenvalue weighted by Gasteiger charge is -2.28. The second kappa shape index (κ2) is 10.8. The van der Waals surface area contributed by atoms with E-state index in [4.69, 9.17) is 4.74 Å². The van der Waals surface area contributed by atoms with Gasteiger partial charge in [0.1, 0.15) is 11.1 Å². The molecule has 0 radical (unpaired) electrons. The number of thioether (sulfide) groups is 1. The number of anilines is 1. The fraction of sp³-hybridized carbons (Fsp3) is 0.375. The van der Waals surface area contributed by atoms with Crippen LogP contribution in [0.1, 0.15) is 24.7 Å². The van der Waals surface area contributed by atoms with Crippen molar-refractivity contribution in [3.8, 4) is 5.69 Å². The van der Waals surface area contributed by atoms with E-state index in [0.29, 0.717) is 56.2 Å². The molecule has 0 spiro atoms. The van der Waals surface area contributed by atoms with Gasteiger partial charge in [-0.1, -0.05) is 48.2 Å². The van der Waals surface area contributed by atoms with Gasteiger partial charge in [-0.25, -0.2) is 4.39 Å². The second-order valence-corrected chi connectivity index (χ2v) is 8.69. The van der Waals surface area contributed by atoms with Crippen molar-refractivity contribution in [3.63, 3.8) is 0 Å². The molecule has 7 nitrogen and oxygen atoms in total. The molecule has 33 heavy (non-hydrogen) atoms. The summed E-state index contributed by atoms with van der Waals surface area (Å²) in [7, 11) is 0. The molecule has 3 aromatic rings. The Morgan fingerprint density at radius 1 is 1.09 bits per heavy atom. The number of benzene rings is 2. The van der Waals surface area contributed by atoms with Crippen LogP contribution in [0.2, 0.25) is 0 Å². The lowest BCUT2D eigenvalue weighted by atomic mass is 10.1. The first kappa shape index (κ1) is 23.3. The van der Waals surface area contributed by atoms with Crippen LogP contribution >= 0.6 is 11.8 Å². The van der Waals surface area contributed by atoms with Crippen molar-refractivity contribution in [1.29, 1.82) is 0 Å². The maximum absolute atomic E-state index is 14.2. The summed E-state index contributed by atoms with van der Waals surface area (Å²) in [6, 6.07) is 16.0. The van der Waals surface area contributed by atoms with Gasteiger partial charge in [-0.2, -0.15) is 0 Å². The number of ether oxygens (including phenoxy) is 1. The minimum atomic E-state index is -0.500. The summed E-state index contributed by atoms with van der Waals surface area (Å²) in [6.07, 6.45) is 0. The number of carbonyl (C=O) groups excluding carboxylic acids is 1. The molecule has 1 aromatic heterocycles. The molecule has 0 aliphatic carbocycles. The van der Waals surface area contributed by atoms with Gasteiger partial charge in [-0.05, 0) is 37.6 Å². The third-order valence-electron chi connectivity index (χ3n) is 5.60. The van der Waals surface area contributed by atoms with Crippen LogP contribution in [0.4, 0.5) is 10.3 Å². The Balaban J connectivity index is 1.77. The largest absolute Gasteiger partial charge is 0.378 e. The van der Waals surface area contributed by atoms with E-state index < -0.39 is 5.25 Å². The van der Waals surface area contributed by atoms with Crippen LogP contribution in [0.5, 0.6) is 0 Å². The van der Waals surface area contributed by atoms with E-state index in [2.05, 4.69) is 15.1 Å². The van der Waals surface area contributed by atoms with Crippen LogP contribution in [0, 0.1) is 5.82 Å². The van der Waals surface area contributed by atoms with Crippen LogP contribution in [0.15, 0.2) is 59.8 Å². The molecule has 2 aromatic carbocycles. The van der Waals surface area contributed by atoms with Crippen molar-refractivity contribution in [2.75, 3.05) is 44.3 Å². The fourth-order valence-electron chi connectivity index (χ4n) is 3.84. The predicted octanol–water partition coefficient (Wildman–Crippen LogP) is 3.94. The summed E-state index contributed by atoms with van der Waals surface area (Å²) in [5.74, 6) is 0.287. The van der Waals surface area contributed by atoms with E-state index in [1.54, 1.807) is 6.07 Å². The number of hydrogen-bond acceptors (Lipinski definition) is 6. The van der Waals surface area contributed by atoms with Crippen molar-refractivity contribution in [2.24, 2.45) is 0 Å². The predicted molar refractivity (Wildman–Crippen MR) is 127 cm³/mol. The van der Waals surface area contributed by atoms with Gasteiger partial charge in [0.05, 0.1) is 18.9 Å². The summed E-state index contributed by atoms with van der Waals surface area (Å²) in [4.78, 5) is 17.4. The van der Waals surface area contributed by atoms with Gasteiger partial charge in [0.25, 0.3) is 0 Å². The molecule has 1 saturated heterocycles. The number of likely N-dealkylation sites (N-methyl/N-ethyl adjacent to an activating group) is 1. The minimum Gasteiger partial charge on any atom is -0.378 e. The number of morpholine rings is 1. The van der Waals surface area contributed by atoms with Crippen molar-refractivity contribution in [1.82, 2.24) is 19.7 Å². The Bertz CT molecular complexity index is 1070. The SMILES string of the molecule is CCN(CC)C(=O)C(Sc1nnc(N2CCOCC2)n1-c1cccc(F)c1)c1ccccc1. The molecule has 1 aliphatic rings. The lowest BCUT2D eigenvalue weighted by molar-refractivity contribution is -0.130. The first-order valence-corrected chi connectivity index (χ1v) is 12.0. The molecule has 1 aliphatic heterocycles. The molecule has 1 atom stereocenters. The molecule has 1 amide bonds. The molecule has 1 fully saturated rings. The minimum absolute atomic E-state index is 0.0120. The number of aromatic nitrogens is 3. The van der Waals surface area contributed by atoms with Gasteiger partial charge in [0, 0.05) is 26.2 Å². The molecule has 174 valence electrons. The summed E-state index contributed by atoms with van der Waals surface area (Å²) >= 11 is 1.34. The van der Waals surface area contributed by atoms with Gasteiger partial charge in [0.2, 0.25) is 11.9 Å². The van der Waals surface area contributed by atoms with Crippen molar-refractivity contribution < 1.29 is 13.9 Å². The molecule has 2 heterocycles. The van der Waals surface area contributed by atoms with Crippen LogP contribution in [0.3, 0.4) is 0 Å². The van der Waals surface area contributed by atoms with E-state index in [-0.39, 0.29) is 11.7 Å². The highest BCUT2D eigenvalue weighted by Gasteiger charge is 2.30. The molecule has 1 unspecified atom stereocenters. The highest BCUT2D eigenvalue weighted by Crippen LogP contribution is 2.38. The van der Waals surface area contributed by atoms with Crippen LogP contribution < -0.4 is 4.90 Å². The Morgan fingerprint density at radius 2 is 1.82 bits per heavy atom.